The van der Waals surface area contributed by atoms with Gasteiger partial charge in [0.05, 0.1) is 31.4 Å². The fourth-order valence-corrected chi connectivity index (χ4v) is 3.81. The predicted molar refractivity (Wildman–Crippen MR) is 118 cm³/mol. The van der Waals surface area contributed by atoms with E-state index in [9.17, 15) is 13.2 Å². The molecule has 0 bridgehead atoms. The molecule has 1 aliphatic heterocycles. The number of morpholine rings is 1. The van der Waals surface area contributed by atoms with Gasteiger partial charge >= 0.3 is 6.18 Å². The molecule has 1 aliphatic rings. The SMILES string of the molecule is CCNC(=NCC(c1ccc(C(F)(F)F)cc1)N1CCOCC1)NCCCCSC. The number of benzene rings is 1. The van der Waals surface area contributed by atoms with Crippen LogP contribution in [-0.2, 0) is 10.9 Å². The first-order chi connectivity index (χ1) is 14.5. The molecule has 1 atom stereocenters. The molecule has 0 saturated carbocycles. The van der Waals surface area contributed by atoms with Gasteiger partial charge in [0, 0.05) is 26.2 Å². The smallest absolute Gasteiger partial charge is 0.379 e. The van der Waals surface area contributed by atoms with Crippen LogP contribution in [0.4, 0.5) is 13.2 Å². The van der Waals surface area contributed by atoms with Gasteiger partial charge in [-0.3, -0.25) is 9.89 Å². The van der Waals surface area contributed by atoms with Crippen molar-refractivity contribution in [2.24, 2.45) is 4.99 Å². The standard InChI is InChI=1S/C21H33F3N4OS/c1-3-25-20(26-10-4-5-15-30-2)27-16-19(28-11-13-29-14-12-28)17-6-8-18(9-7-17)21(22,23)24/h6-9,19H,3-5,10-16H2,1-2H3,(H2,25,26,27). The van der Waals surface area contributed by atoms with E-state index in [1.165, 1.54) is 0 Å². The average molecular weight is 447 g/mol. The van der Waals surface area contributed by atoms with E-state index < -0.39 is 11.7 Å². The second-order valence-electron chi connectivity index (χ2n) is 7.13. The molecule has 2 rings (SSSR count). The van der Waals surface area contributed by atoms with Gasteiger partial charge in [0.15, 0.2) is 5.96 Å². The van der Waals surface area contributed by atoms with Gasteiger partial charge in [-0.1, -0.05) is 12.1 Å². The molecule has 1 heterocycles. The van der Waals surface area contributed by atoms with Crippen LogP contribution in [0.3, 0.4) is 0 Å². The molecule has 170 valence electrons. The number of nitrogens with zero attached hydrogens (tertiary/aromatic N) is 2. The Hall–Kier alpha value is -1.45. The lowest BCUT2D eigenvalue weighted by atomic mass is 10.0. The largest absolute Gasteiger partial charge is 0.416 e. The number of guanidine groups is 1. The van der Waals surface area contributed by atoms with E-state index in [0.717, 1.165) is 68.4 Å². The van der Waals surface area contributed by atoms with Gasteiger partial charge in [-0.05, 0) is 49.5 Å². The fourth-order valence-electron chi connectivity index (χ4n) is 3.31. The molecule has 1 saturated heterocycles. The average Bonchev–Trinajstić information content (AvgIpc) is 2.74. The van der Waals surface area contributed by atoms with Crippen molar-refractivity contribution in [2.45, 2.75) is 32.0 Å². The highest BCUT2D eigenvalue weighted by molar-refractivity contribution is 7.98. The Morgan fingerprint density at radius 1 is 1.17 bits per heavy atom. The van der Waals surface area contributed by atoms with Crippen molar-refractivity contribution in [1.82, 2.24) is 15.5 Å². The summed E-state index contributed by atoms with van der Waals surface area (Å²) >= 11 is 1.84. The third kappa shape index (κ3) is 8.35. The molecule has 2 N–H and O–H groups in total. The molecule has 1 unspecified atom stereocenters. The van der Waals surface area contributed by atoms with Gasteiger partial charge in [-0.15, -0.1) is 0 Å². The summed E-state index contributed by atoms with van der Waals surface area (Å²) in [6, 6.07) is 5.36. The molecule has 0 aliphatic carbocycles. The van der Waals surface area contributed by atoms with Crippen LogP contribution in [0.1, 0.15) is 36.9 Å². The molecular formula is C21H33F3N4OS. The van der Waals surface area contributed by atoms with Crippen LogP contribution in [-0.4, -0.2) is 68.8 Å². The van der Waals surface area contributed by atoms with Gasteiger partial charge in [0.25, 0.3) is 0 Å². The van der Waals surface area contributed by atoms with E-state index in [1.54, 1.807) is 12.1 Å². The Bertz CT molecular complexity index is 634. The minimum Gasteiger partial charge on any atom is -0.379 e. The lowest BCUT2D eigenvalue weighted by Gasteiger charge is -2.34. The first kappa shape index (κ1) is 24.8. The number of ether oxygens (including phenoxy) is 1. The third-order valence-corrected chi connectivity index (χ3v) is 5.64. The molecule has 9 heteroatoms. The van der Waals surface area contributed by atoms with E-state index in [-0.39, 0.29) is 6.04 Å². The highest BCUT2D eigenvalue weighted by Gasteiger charge is 2.31. The van der Waals surface area contributed by atoms with E-state index in [2.05, 4.69) is 21.8 Å². The van der Waals surface area contributed by atoms with Gasteiger partial charge in [0.2, 0.25) is 0 Å². The number of alkyl halides is 3. The number of thioether (sulfide) groups is 1. The van der Waals surface area contributed by atoms with Crippen molar-refractivity contribution in [2.75, 3.05) is 57.9 Å². The lowest BCUT2D eigenvalue weighted by Crippen LogP contribution is -2.42. The van der Waals surface area contributed by atoms with Crippen molar-refractivity contribution < 1.29 is 17.9 Å². The van der Waals surface area contributed by atoms with Crippen molar-refractivity contribution >= 4 is 17.7 Å². The number of hydrogen-bond acceptors (Lipinski definition) is 4. The van der Waals surface area contributed by atoms with Gasteiger partial charge in [0.1, 0.15) is 0 Å². The van der Waals surface area contributed by atoms with Crippen molar-refractivity contribution in [3.05, 3.63) is 35.4 Å². The molecule has 1 aromatic rings. The highest BCUT2D eigenvalue weighted by Crippen LogP contribution is 2.31. The molecule has 0 radical (unpaired) electrons. The van der Waals surface area contributed by atoms with Crippen LogP contribution in [0.15, 0.2) is 29.3 Å². The summed E-state index contributed by atoms with van der Waals surface area (Å²) in [7, 11) is 0. The maximum Gasteiger partial charge on any atom is 0.416 e. The Morgan fingerprint density at radius 2 is 1.87 bits per heavy atom. The normalized spacial score (nSPS) is 17.0. The zero-order chi connectivity index (χ0) is 21.8. The van der Waals surface area contributed by atoms with Crippen LogP contribution >= 0.6 is 11.8 Å². The third-order valence-electron chi connectivity index (χ3n) is 4.94. The number of hydrogen-bond donors (Lipinski definition) is 2. The Labute approximate surface area is 181 Å². The molecule has 1 aromatic carbocycles. The minimum absolute atomic E-state index is 0.0943. The highest BCUT2D eigenvalue weighted by atomic mass is 32.2. The summed E-state index contributed by atoms with van der Waals surface area (Å²) in [4.78, 5) is 6.97. The van der Waals surface area contributed by atoms with Crippen LogP contribution in [0.2, 0.25) is 0 Å². The summed E-state index contributed by atoms with van der Waals surface area (Å²) in [5, 5.41) is 6.61. The summed E-state index contributed by atoms with van der Waals surface area (Å²) < 4.78 is 44.3. The van der Waals surface area contributed by atoms with Gasteiger partial charge < -0.3 is 15.4 Å². The molecule has 0 aromatic heterocycles. The first-order valence-electron chi connectivity index (χ1n) is 10.5. The number of aliphatic imine (C=N–C) groups is 1. The number of unbranched alkanes of at least 4 members (excludes halogenated alkanes) is 1. The monoisotopic (exact) mass is 446 g/mol. The topological polar surface area (TPSA) is 48.9 Å². The Kier molecular flexibility index (Phi) is 10.8. The second kappa shape index (κ2) is 13.1. The van der Waals surface area contributed by atoms with Gasteiger partial charge in [-0.25, -0.2) is 0 Å². The lowest BCUT2D eigenvalue weighted by molar-refractivity contribution is -0.137. The molecule has 0 amide bonds. The van der Waals surface area contributed by atoms with E-state index in [4.69, 9.17) is 9.73 Å². The first-order valence-corrected chi connectivity index (χ1v) is 11.8. The molecule has 30 heavy (non-hydrogen) atoms. The zero-order valence-corrected chi connectivity index (χ0v) is 18.6. The quantitative estimate of drug-likeness (QED) is 0.326. The molecule has 1 fully saturated rings. The Balaban J connectivity index is 2.10. The summed E-state index contributed by atoms with van der Waals surface area (Å²) in [5.74, 6) is 1.88. The van der Waals surface area contributed by atoms with Crippen molar-refractivity contribution in [3.63, 3.8) is 0 Å². The van der Waals surface area contributed by atoms with Crippen LogP contribution < -0.4 is 10.6 Å². The van der Waals surface area contributed by atoms with Crippen molar-refractivity contribution in [3.8, 4) is 0 Å². The summed E-state index contributed by atoms with van der Waals surface area (Å²) in [5.41, 5.74) is 0.209. The fraction of sp³-hybridized carbons (Fsp3) is 0.667. The molecule has 5 nitrogen and oxygen atoms in total. The summed E-state index contributed by atoms with van der Waals surface area (Å²) in [6.45, 7) is 6.78. The Morgan fingerprint density at radius 3 is 2.47 bits per heavy atom. The zero-order valence-electron chi connectivity index (χ0n) is 17.8. The van der Waals surface area contributed by atoms with Crippen LogP contribution in [0.25, 0.3) is 0 Å². The van der Waals surface area contributed by atoms with E-state index in [1.807, 2.05) is 18.7 Å². The second-order valence-corrected chi connectivity index (χ2v) is 8.12. The minimum atomic E-state index is -4.33. The van der Waals surface area contributed by atoms with Gasteiger partial charge in [-0.2, -0.15) is 24.9 Å². The maximum atomic E-state index is 12.9. The number of rotatable bonds is 10. The van der Waals surface area contributed by atoms with E-state index in [0.29, 0.717) is 19.8 Å². The van der Waals surface area contributed by atoms with Crippen LogP contribution in [0, 0.1) is 0 Å². The summed E-state index contributed by atoms with van der Waals surface area (Å²) in [6.07, 6.45) is -0.0118. The molecule has 0 spiro atoms. The van der Waals surface area contributed by atoms with E-state index >= 15 is 0 Å². The van der Waals surface area contributed by atoms with Crippen LogP contribution in [0.5, 0.6) is 0 Å². The maximum absolute atomic E-state index is 12.9. The predicted octanol–water partition coefficient (Wildman–Crippen LogP) is 3.78. The van der Waals surface area contributed by atoms with Crippen molar-refractivity contribution in [1.29, 1.82) is 0 Å². The number of halogens is 3. The number of nitrogens with one attached hydrogen (secondary N) is 2. The molecular weight excluding hydrogens is 413 g/mol.